The predicted molar refractivity (Wildman–Crippen MR) is 58.5 cm³/mol. The van der Waals surface area contributed by atoms with Crippen LogP contribution in [0.2, 0.25) is 0 Å². The van der Waals surface area contributed by atoms with Crippen LogP contribution in [0.1, 0.15) is 5.82 Å². The van der Waals surface area contributed by atoms with Gasteiger partial charge in [0.2, 0.25) is 0 Å². The van der Waals surface area contributed by atoms with E-state index in [2.05, 4.69) is 39.2 Å². The standard InChI is InChI=1S/C11H8N2S/c1-2-4-10-9(3-1)13-7-6-12-11(13)5-8-14-10/h1-8H. The Labute approximate surface area is 86.3 Å². The fraction of sp³-hybridized carbons (Fsp3) is 0. The number of hydrogen-bond acceptors (Lipinski definition) is 2. The Morgan fingerprint density at radius 3 is 3.14 bits per heavy atom. The summed E-state index contributed by atoms with van der Waals surface area (Å²) < 4.78 is 2.10. The van der Waals surface area contributed by atoms with Crippen LogP contribution in [0.15, 0.2) is 47.0 Å². The first-order chi connectivity index (χ1) is 6.95. The Kier molecular flexibility index (Phi) is 1.70. The minimum absolute atomic E-state index is 0.988. The monoisotopic (exact) mass is 200 g/mol. The molecule has 0 atom stereocenters. The summed E-state index contributed by atoms with van der Waals surface area (Å²) in [5, 5.41) is 2.07. The van der Waals surface area contributed by atoms with E-state index >= 15 is 0 Å². The molecule has 1 aliphatic rings. The summed E-state index contributed by atoms with van der Waals surface area (Å²) in [5.74, 6) is 0.988. The maximum Gasteiger partial charge on any atom is 0.137 e. The SMILES string of the molecule is C1=Cc2nccn2-c2ccccc2S1. The number of imidazole rings is 1. The lowest BCUT2D eigenvalue weighted by Gasteiger charge is -2.06. The molecule has 0 saturated heterocycles. The van der Waals surface area contributed by atoms with E-state index in [1.54, 1.807) is 11.8 Å². The number of benzene rings is 1. The van der Waals surface area contributed by atoms with Crippen LogP contribution in [0.5, 0.6) is 0 Å². The molecule has 2 aromatic rings. The first-order valence-corrected chi connectivity index (χ1v) is 5.29. The molecular formula is C11H8N2S. The number of hydrogen-bond donors (Lipinski definition) is 0. The molecule has 0 bridgehead atoms. The fourth-order valence-corrected chi connectivity index (χ4v) is 2.35. The van der Waals surface area contributed by atoms with Gasteiger partial charge in [-0.3, -0.25) is 4.57 Å². The maximum atomic E-state index is 4.28. The van der Waals surface area contributed by atoms with Gasteiger partial charge in [-0.1, -0.05) is 23.9 Å². The van der Waals surface area contributed by atoms with Crippen molar-refractivity contribution in [1.29, 1.82) is 0 Å². The van der Waals surface area contributed by atoms with Gasteiger partial charge in [-0.25, -0.2) is 4.98 Å². The largest absolute Gasteiger partial charge is 0.299 e. The topological polar surface area (TPSA) is 17.8 Å². The van der Waals surface area contributed by atoms with Crippen LogP contribution in [-0.2, 0) is 0 Å². The Balaban J connectivity index is 2.33. The smallest absolute Gasteiger partial charge is 0.137 e. The minimum atomic E-state index is 0.988. The Bertz CT molecular complexity index is 499. The second-order valence-electron chi connectivity index (χ2n) is 3.04. The second kappa shape index (κ2) is 3.03. The number of fused-ring (bicyclic) bond motifs is 3. The van der Waals surface area contributed by atoms with Crippen molar-refractivity contribution in [3.63, 3.8) is 0 Å². The lowest BCUT2D eigenvalue weighted by Crippen LogP contribution is -1.95. The molecule has 1 aromatic heterocycles. The van der Waals surface area contributed by atoms with Crippen LogP contribution in [0.4, 0.5) is 0 Å². The quantitative estimate of drug-likeness (QED) is 0.650. The average molecular weight is 200 g/mol. The van der Waals surface area contributed by atoms with Gasteiger partial charge in [0.15, 0.2) is 0 Å². The molecule has 3 heteroatoms. The summed E-state index contributed by atoms with van der Waals surface area (Å²) in [6.07, 6.45) is 5.85. The van der Waals surface area contributed by atoms with Crippen LogP contribution in [-0.4, -0.2) is 9.55 Å². The van der Waals surface area contributed by atoms with E-state index in [1.165, 1.54) is 10.6 Å². The normalized spacial score (nSPS) is 13.1. The molecule has 68 valence electrons. The number of thioether (sulfide) groups is 1. The van der Waals surface area contributed by atoms with Gasteiger partial charge < -0.3 is 0 Å². The highest BCUT2D eigenvalue weighted by Crippen LogP contribution is 2.30. The highest BCUT2D eigenvalue weighted by molar-refractivity contribution is 8.02. The van der Waals surface area contributed by atoms with Crippen molar-refractivity contribution in [3.05, 3.63) is 47.9 Å². The Morgan fingerprint density at radius 2 is 2.14 bits per heavy atom. The lowest BCUT2D eigenvalue weighted by molar-refractivity contribution is 1.01. The number of aromatic nitrogens is 2. The van der Waals surface area contributed by atoms with Crippen molar-refractivity contribution >= 4 is 17.8 Å². The fourth-order valence-electron chi connectivity index (χ4n) is 1.57. The van der Waals surface area contributed by atoms with Gasteiger partial charge in [-0.15, -0.1) is 0 Å². The molecule has 1 aliphatic heterocycles. The zero-order valence-electron chi connectivity index (χ0n) is 7.42. The second-order valence-corrected chi connectivity index (χ2v) is 3.99. The maximum absolute atomic E-state index is 4.28. The third kappa shape index (κ3) is 1.09. The molecule has 0 radical (unpaired) electrons. The van der Waals surface area contributed by atoms with E-state index in [-0.39, 0.29) is 0 Å². The lowest BCUT2D eigenvalue weighted by atomic mass is 10.3. The minimum Gasteiger partial charge on any atom is -0.299 e. The van der Waals surface area contributed by atoms with Gasteiger partial charge in [0.1, 0.15) is 5.82 Å². The third-order valence-corrected chi connectivity index (χ3v) is 3.08. The van der Waals surface area contributed by atoms with Crippen molar-refractivity contribution in [2.45, 2.75) is 4.90 Å². The third-order valence-electron chi connectivity index (χ3n) is 2.21. The summed E-state index contributed by atoms with van der Waals surface area (Å²) >= 11 is 1.73. The first-order valence-electron chi connectivity index (χ1n) is 4.41. The van der Waals surface area contributed by atoms with E-state index in [0.29, 0.717) is 0 Å². The molecule has 0 fully saturated rings. The van der Waals surface area contributed by atoms with Crippen molar-refractivity contribution in [2.24, 2.45) is 0 Å². The molecule has 0 amide bonds. The zero-order valence-corrected chi connectivity index (χ0v) is 8.24. The van der Waals surface area contributed by atoms with Gasteiger partial charge >= 0.3 is 0 Å². The predicted octanol–water partition coefficient (Wildman–Crippen LogP) is 2.95. The van der Waals surface area contributed by atoms with Crippen molar-refractivity contribution in [3.8, 4) is 5.69 Å². The van der Waals surface area contributed by atoms with E-state index in [0.717, 1.165) is 5.82 Å². The van der Waals surface area contributed by atoms with Crippen LogP contribution in [0, 0.1) is 0 Å². The number of nitrogens with zero attached hydrogens (tertiary/aromatic N) is 2. The summed E-state index contributed by atoms with van der Waals surface area (Å²) in [6.45, 7) is 0. The molecule has 1 aromatic carbocycles. The molecule has 0 unspecified atom stereocenters. The number of para-hydroxylation sites is 1. The molecule has 0 aliphatic carbocycles. The molecule has 2 nitrogen and oxygen atoms in total. The molecule has 0 spiro atoms. The summed E-state index contributed by atoms with van der Waals surface area (Å²) in [7, 11) is 0. The highest BCUT2D eigenvalue weighted by Gasteiger charge is 2.09. The highest BCUT2D eigenvalue weighted by atomic mass is 32.2. The van der Waals surface area contributed by atoms with E-state index in [1.807, 2.05) is 18.5 Å². The van der Waals surface area contributed by atoms with Gasteiger partial charge in [-0.2, -0.15) is 0 Å². The van der Waals surface area contributed by atoms with Gasteiger partial charge in [0.05, 0.1) is 5.69 Å². The average Bonchev–Trinajstić information content (AvgIpc) is 2.61. The van der Waals surface area contributed by atoms with Crippen LogP contribution < -0.4 is 0 Å². The Morgan fingerprint density at radius 1 is 1.21 bits per heavy atom. The summed E-state index contributed by atoms with van der Waals surface area (Å²) in [4.78, 5) is 5.54. The summed E-state index contributed by atoms with van der Waals surface area (Å²) in [5.41, 5.74) is 1.20. The van der Waals surface area contributed by atoms with Crippen LogP contribution >= 0.6 is 11.8 Å². The zero-order chi connectivity index (χ0) is 9.38. The molecule has 14 heavy (non-hydrogen) atoms. The Hall–Kier alpha value is -1.48. The molecule has 0 N–H and O–H groups in total. The molecule has 2 heterocycles. The van der Waals surface area contributed by atoms with E-state index in [4.69, 9.17) is 0 Å². The van der Waals surface area contributed by atoms with Gasteiger partial charge in [0, 0.05) is 17.3 Å². The van der Waals surface area contributed by atoms with Crippen molar-refractivity contribution < 1.29 is 0 Å². The first kappa shape index (κ1) is 7.88. The van der Waals surface area contributed by atoms with Crippen molar-refractivity contribution in [1.82, 2.24) is 9.55 Å². The van der Waals surface area contributed by atoms with Crippen LogP contribution in [0.25, 0.3) is 11.8 Å². The van der Waals surface area contributed by atoms with Gasteiger partial charge in [0.25, 0.3) is 0 Å². The molecule has 0 saturated carbocycles. The van der Waals surface area contributed by atoms with E-state index in [9.17, 15) is 0 Å². The molecular weight excluding hydrogens is 192 g/mol. The number of rotatable bonds is 0. The van der Waals surface area contributed by atoms with Crippen LogP contribution in [0.3, 0.4) is 0 Å². The van der Waals surface area contributed by atoms with Crippen molar-refractivity contribution in [2.75, 3.05) is 0 Å². The summed E-state index contributed by atoms with van der Waals surface area (Å²) in [6, 6.07) is 8.34. The molecule has 3 rings (SSSR count). The van der Waals surface area contributed by atoms with E-state index < -0.39 is 0 Å². The van der Waals surface area contributed by atoms with Gasteiger partial charge in [-0.05, 0) is 23.6 Å².